The van der Waals surface area contributed by atoms with E-state index in [1.54, 1.807) is 41.5 Å². The number of nitrogens with two attached hydrogens (primary N) is 3. The van der Waals surface area contributed by atoms with Gasteiger partial charge in [0.2, 0.25) is 5.91 Å². The summed E-state index contributed by atoms with van der Waals surface area (Å²) in [7, 11) is 1.37. The first-order valence-electron chi connectivity index (χ1n) is 19.0. The molecule has 0 aromatic rings. The lowest BCUT2D eigenvalue weighted by Crippen LogP contribution is -2.70. The highest BCUT2D eigenvalue weighted by molar-refractivity contribution is 5.80. The van der Waals surface area contributed by atoms with Crippen LogP contribution in [0.3, 0.4) is 0 Å². The van der Waals surface area contributed by atoms with E-state index >= 15 is 0 Å². The molecule has 19 heteroatoms. The van der Waals surface area contributed by atoms with Crippen LogP contribution in [0, 0.1) is 5.92 Å². The Labute approximate surface area is 323 Å². The number of amides is 3. The Balaban J connectivity index is 1.78. The molecule has 0 aromatic heterocycles. The van der Waals surface area contributed by atoms with Crippen LogP contribution in [0.25, 0.3) is 0 Å². The second-order valence-electron chi connectivity index (χ2n) is 17.0. The monoisotopic (exact) mass is 789 g/mol. The van der Waals surface area contributed by atoms with Gasteiger partial charge in [-0.05, 0) is 93.3 Å². The third kappa shape index (κ3) is 13.4. The highest BCUT2D eigenvalue weighted by Gasteiger charge is 2.55. The minimum Gasteiger partial charge on any atom is -0.492 e. The number of nitrogens with one attached hydrogen (secondary N) is 3. The summed E-state index contributed by atoms with van der Waals surface area (Å²) in [4.78, 5) is 39.0. The molecule has 0 aromatic carbocycles. The van der Waals surface area contributed by atoms with E-state index in [2.05, 4.69) is 16.0 Å². The zero-order valence-electron chi connectivity index (χ0n) is 33.5. The first-order valence-corrected chi connectivity index (χ1v) is 19.0. The highest BCUT2D eigenvalue weighted by atomic mass is 16.7. The number of rotatable bonds is 14. The van der Waals surface area contributed by atoms with Gasteiger partial charge in [0.1, 0.15) is 47.0 Å². The molecule has 12 atom stereocenters. The highest BCUT2D eigenvalue weighted by Crippen LogP contribution is 2.37. The molecule has 13 N–H and O–H groups in total. The molecule has 1 saturated heterocycles. The van der Waals surface area contributed by atoms with E-state index < -0.39 is 102 Å². The molecule has 19 nitrogen and oxygen atoms in total. The Hall–Kier alpha value is -2.85. The van der Waals surface area contributed by atoms with E-state index in [9.17, 15) is 34.8 Å². The largest absolute Gasteiger partial charge is 0.492 e. The SMILES string of the molecule is CN(C(=O)OC(C)(C)C)[C@@H]1[C@@H](O)[C@@H](O[C@H]2[C@H](NC(=O)[C@H](O)CCN)C[C@H](N)C([C@H]3OC(CNCCCNC(=O)OC(C)(C)C)=CC[C@H]3N)[C@@H]2O)OC[C@]1(C)O. The number of alkyl carbamates (subject to hydrolysis) is 1. The maximum Gasteiger partial charge on any atom is 0.410 e. The molecule has 55 heavy (non-hydrogen) atoms. The van der Waals surface area contributed by atoms with Crippen LogP contribution in [0.4, 0.5) is 9.59 Å². The molecule has 1 unspecified atom stereocenters. The van der Waals surface area contributed by atoms with Gasteiger partial charge in [0.25, 0.3) is 0 Å². The Morgan fingerprint density at radius 1 is 1.05 bits per heavy atom. The average molecular weight is 790 g/mol. The molecule has 1 saturated carbocycles. The van der Waals surface area contributed by atoms with E-state index in [0.29, 0.717) is 38.2 Å². The second-order valence-corrected chi connectivity index (χ2v) is 17.0. The Kier molecular flexibility index (Phi) is 16.5. The van der Waals surface area contributed by atoms with Gasteiger partial charge in [0.15, 0.2) is 6.29 Å². The molecular formula is C36H67N7O12. The average Bonchev–Trinajstić information content (AvgIpc) is 3.04. The predicted molar refractivity (Wildman–Crippen MR) is 200 cm³/mol. The lowest BCUT2D eigenvalue weighted by molar-refractivity contribution is -0.305. The summed E-state index contributed by atoms with van der Waals surface area (Å²) in [5, 5.41) is 53.9. The third-order valence-electron chi connectivity index (χ3n) is 9.59. The van der Waals surface area contributed by atoms with Crippen LogP contribution in [-0.2, 0) is 28.5 Å². The minimum atomic E-state index is -1.74. The Morgan fingerprint density at radius 3 is 2.33 bits per heavy atom. The predicted octanol–water partition coefficient (Wildman–Crippen LogP) is -1.52. The van der Waals surface area contributed by atoms with Gasteiger partial charge < -0.3 is 82.2 Å². The topological polar surface area (TPSA) is 296 Å². The summed E-state index contributed by atoms with van der Waals surface area (Å²) in [5.74, 6) is -1.03. The maximum atomic E-state index is 13.0. The molecule has 2 heterocycles. The lowest BCUT2D eigenvalue weighted by Gasteiger charge is -2.51. The smallest absolute Gasteiger partial charge is 0.410 e. The van der Waals surface area contributed by atoms with Gasteiger partial charge in [-0.15, -0.1) is 0 Å². The zero-order chi connectivity index (χ0) is 41.5. The van der Waals surface area contributed by atoms with Gasteiger partial charge in [-0.1, -0.05) is 0 Å². The standard InChI is InChI=1S/C36H67N7O12/c1-34(2,3)54-32(48)41-15-9-14-40-17-19-10-11-20(38)27(52-19)24-21(39)16-22(42-30(47)23(44)12-13-37)28(25(24)45)53-31-26(46)29(36(7,50)18-51-31)43(8)33(49)55-35(4,5)6/h10,20-29,31,40,44-46,50H,9,11-18,37-39H2,1-8H3,(H,41,48)(H,42,47)/t20-,21+,22-,23-,24?,25+,26-,27+,28+,29-,31-,36+/m1/s1. The molecule has 0 bridgehead atoms. The van der Waals surface area contributed by atoms with Crippen LogP contribution in [0.15, 0.2) is 11.8 Å². The summed E-state index contributed by atoms with van der Waals surface area (Å²) < 4.78 is 29.1. The van der Waals surface area contributed by atoms with Crippen molar-refractivity contribution in [1.82, 2.24) is 20.9 Å². The van der Waals surface area contributed by atoms with Crippen LogP contribution >= 0.6 is 0 Å². The van der Waals surface area contributed by atoms with E-state index in [4.69, 9.17) is 40.9 Å². The third-order valence-corrected chi connectivity index (χ3v) is 9.59. The zero-order valence-corrected chi connectivity index (χ0v) is 33.5. The van der Waals surface area contributed by atoms with Crippen molar-refractivity contribution in [2.75, 3.05) is 39.8 Å². The minimum absolute atomic E-state index is 0.0201. The first-order chi connectivity index (χ1) is 25.5. The first kappa shape index (κ1) is 46.5. The summed E-state index contributed by atoms with van der Waals surface area (Å²) in [6, 6.07) is -3.63. The number of likely N-dealkylation sites (N-methyl/N-ethyl adjacent to an activating group) is 1. The molecule has 0 spiro atoms. The number of carbonyl (C=O) groups is 3. The fraction of sp³-hybridized carbons (Fsp3) is 0.861. The lowest BCUT2D eigenvalue weighted by atomic mass is 9.72. The summed E-state index contributed by atoms with van der Waals surface area (Å²) in [6.07, 6.45) is -6.56. The van der Waals surface area contributed by atoms with Crippen molar-refractivity contribution < 1.29 is 58.5 Å². The number of ether oxygens (including phenoxy) is 5. The van der Waals surface area contributed by atoms with E-state index in [-0.39, 0.29) is 26.0 Å². The van der Waals surface area contributed by atoms with Gasteiger partial charge in [-0.2, -0.15) is 0 Å². The molecular weight excluding hydrogens is 722 g/mol. The van der Waals surface area contributed by atoms with Gasteiger partial charge in [0, 0.05) is 31.6 Å². The van der Waals surface area contributed by atoms with Gasteiger partial charge in [0.05, 0.1) is 31.3 Å². The molecule has 3 aliphatic rings. The van der Waals surface area contributed by atoms with Crippen molar-refractivity contribution in [3.8, 4) is 0 Å². The normalized spacial score (nSPS) is 33.4. The molecule has 3 rings (SSSR count). The summed E-state index contributed by atoms with van der Waals surface area (Å²) >= 11 is 0. The van der Waals surface area contributed by atoms with Crippen molar-refractivity contribution >= 4 is 18.1 Å². The second kappa shape index (κ2) is 19.5. The van der Waals surface area contributed by atoms with Gasteiger partial charge in [-0.25, -0.2) is 9.59 Å². The molecule has 2 fully saturated rings. The van der Waals surface area contributed by atoms with Gasteiger partial charge in [-0.3, -0.25) is 4.79 Å². The van der Waals surface area contributed by atoms with Crippen LogP contribution in [-0.4, -0.2) is 161 Å². The van der Waals surface area contributed by atoms with Crippen molar-refractivity contribution in [1.29, 1.82) is 0 Å². The molecule has 1 aliphatic carbocycles. The Morgan fingerprint density at radius 2 is 1.71 bits per heavy atom. The molecule has 3 amide bonds. The molecule has 0 radical (unpaired) electrons. The van der Waals surface area contributed by atoms with Crippen molar-refractivity contribution in [3.63, 3.8) is 0 Å². The van der Waals surface area contributed by atoms with Gasteiger partial charge >= 0.3 is 12.2 Å². The molecule has 318 valence electrons. The van der Waals surface area contributed by atoms with Crippen molar-refractivity contribution in [2.24, 2.45) is 23.1 Å². The van der Waals surface area contributed by atoms with Crippen LogP contribution < -0.4 is 33.2 Å². The molecule has 2 aliphatic heterocycles. The van der Waals surface area contributed by atoms with E-state index in [1.165, 1.54) is 14.0 Å². The van der Waals surface area contributed by atoms with Crippen molar-refractivity contribution in [2.45, 2.75) is 152 Å². The van der Waals surface area contributed by atoms with Crippen LogP contribution in [0.5, 0.6) is 0 Å². The number of aliphatic hydroxyl groups is 4. The van der Waals surface area contributed by atoms with E-state index in [0.717, 1.165) is 4.90 Å². The number of nitrogens with zero attached hydrogens (tertiary/aromatic N) is 1. The summed E-state index contributed by atoms with van der Waals surface area (Å²) in [6.45, 7) is 12.7. The van der Waals surface area contributed by atoms with Crippen molar-refractivity contribution in [3.05, 3.63) is 11.8 Å². The van der Waals surface area contributed by atoms with Crippen LogP contribution in [0.1, 0.15) is 74.1 Å². The van der Waals surface area contributed by atoms with E-state index in [1.807, 2.05) is 6.08 Å². The fourth-order valence-corrected chi connectivity index (χ4v) is 7.06. The number of hydrogen-bond donors (Lipinski definition) is 10. The van der Waals surface area contributed by atoms with Crippen LogP contribution in [0.2, 0.25) is 0 Å². The number of aliphatic hydroxyl groups excluding tert-OH is 3. The number of carbonyl (C=O) groups excluding carboxylic acids is 3. The quantitative estimate of drug-likeness (QED) is 0.0895. The Bertz CT molecular complexity index is 1310. The maximum absolute atomic E-state index is 13.0. The summed E-state index contributed by atoms with van der Waals surface area (Å²) in [5.41, 5.74) is 15.6. The fourth-order valence-electron chi connectivity index (χ4n) is 7.06. The number of hydrogen-bond acceptors (Lipinski definition) is 16.